The number of amides is 1. The van der Waals surface area contributed by atoms with E-state index in [0.717, 1.165) is 6.42 Å². The lowest BCUT2D eigenvalue weighted by molar-refractivity contribution is -0.140. The molecule has 37 heavy (non-hydrogen) atoms. The number of aliphatic hydroxyl groups excluding tert-OH is 1. The number of methoxy groups -OCH3 is 1. The second-order valence-electron chi connectivity index (χ2n) is 8.58. The number of benzene rings is 3. The summed E-state index contributed by atoms with van der Waals surface area (Å²) >= 11 is 0. The van der Waals surface area contributed by atoms with Gasteiger partial charge in [-0.15, -0.1) is 0 Å². The monoisotopic (exact) mass is 501 g/mol. The minimum atomic E-state index is -1.06. The highest BCUT2D eigenvalue weighted by atomic mass is 16.5. The van der Waals surface area contributed by atoms with Crippen LogP contribution in [-0.4, -0.2) is 46.5 Å². The molecule has 1 aliphatic heterocycles. The number of ether oxygens (including phenoxy) is 2. The van der Waals surface area contributed by atoms with Gasteiger partial charge in [-0.2, -0.15) is 0 Å². The van der Waals surface area contributed by atoms with E-state index < -0.39 is 23.7 Å². The topological polar surface area (TPSA) is 113 Å². The van der Waals surface area contributed by atoms with Crippen LogP contribution >= 0.6 is 0 Å². The van der Waals surface area contributed by atoms with Gasteiger partial charge >= 0.3 is 5.97 Å². The second-order valence-corrected chi connectivity index (χ2v) is 8.58. The Morgan fingerprint density at radius 3 is 2.30 bits per heavy atom. The van der Waals surface area contributed by atoms with Gasteiger partial charge in [-0.25, -0.2) is 4.79 Å². The number of aliphatic hydroxyl groups is 1. The Bertz CT molecular complexity index is 1360. The first-order valence-electron chi connectivity index (χ1n) is 11.8. The second kappa shape index (κ2) is 11.0. The van der Waals surface area contributed by atoms with E-state index in [4.69, 9.17) is 9.47 Å². The zero-order chi connectivity index (χ0) is 26.5. The highest BCUT2D eigenvalue weighted by molar-refractivity contribution is 6.46. The first-order chi connectivity index (χ1) is 17.8. The normalized spacial score (nSPS) is 16.6. The molecule has 0 spiro atoms. The number of carbonyl (C=O) groups is 3. The van der Waals surface area contributed by atoms with Crippen LogP contribution in [0.15, 0.2) is 78.4 Å². The molecule has 1 fully saturated rings. The van der Waals surface area contributed by atoms with Crippen LogP contribution in [0.5, 0.6) is 11.5 Å². The van der Waals surface area contributed by atoms with Crippen LogP contribution in [0.3, 0.4) is 0 Å². The summed E-state index contributed by atoms with van der Waals surface area (Å²) in [4.78, 5) is 39.2. The van der Waals surface area contributed by atoms with Crippen molar-refractivity contribution in [1.82, 2.24) is 4.90 Å². The fraction of sp³-hybridized carbons (Fsp3) is 0.207. The molecule has 0 aliphatic carbocycles. The Morgan fingerprint density at radius 2 is 1.62 bits per heavy atom. The van der Waals surface area contributed by atoms with E-state index in [-0.39, 0.29) is 23.4 Å². The summed E-state index contributed by atoms with van der Waals surface area (Å²) in [6, 6.07) is 18.9. The van der Waals surface area contributed by atoms with Crippen LogP contribution in [-0.2, 0) is 16.1 Å². The van der Waals surface area contributed by atoms with Gasteiger partial charge in [0.25, 0.3) is 11.7 Å². The summed E-state index contributed by atoms with van der Waals surface area (Å²) in [5, 5.41) is 20.5. The molecule has 1 amide bonds. The Kier molecular flexibility index (Phi) is 7.57. The van der Waals surface area contributed by atoms with Crippen LogP contribution in [0.4, 0.5) is 0 Å². The molecule has 190 valence electrons. The number of nitrogens with zero attached hydrogens (tertiary/aromatic N) is 1. The third kappa shape index (κ3) is 5.33. The van der Waals surface area contributed by atoms with E-state index in [1.54, 1.807) is 60.7 Å². The molecule has 1 unspecified atom stereocenters. The van der Waals surface area contributed by atoms with Gasteiger partial charge in [0.1, 0.15) is 17.3 Å². The minimum Gasteiger partial charge on any atom is -0.507 e. The Morgan fingerprint density at radius 1 is 0.919 bits per heavy atom. The Labute approximate surface area is 214 Å². The smallest absolute Gasteiger partial charge is 0.335 e. The molecule has 0 bridgehead atoms. The van der Waals surface area contributed by atoms with E-state index in [0.29, 0.717) is 34.8 Å². The van der Waals surface area contributed by atoms with E-state index in [1.807, 2.05) is 6.92 Å². The molecule has 0 aromatic heterocycles. The van der Waals surface area contributed by atoms with Crippen LogP contribution in [0.1, 0.15) is 46.4 Å². The van der Waals surface area contributed by atoms with Gasteiger partial charge in [-0.3, -0.25) is 9.59 Å². The van der Waals surface area contributed by atoms with Crippen LogP contribution in [0.25, 0.3) is 5.76 Å². The molecule has 3 aromatic rings. The Hall–Kier alpha value is -4.59. The number of carboxylic acid groups (broad SMARTS) is 1. The molecule has 0 saturated carbocycles. The number of hydrogen-bond donors (Lipinski definition) is 2. The lowest BCUT2D eigenvalue weighted by atomic mass is 9.95. The molecular formula is C29H27NO7. The predicted molar refractivity (Wildman–Crippen MR) is 136 cm³/mol. The molecule has 1 saturated heterocycles. The summed E-state index contributed by atoms with van der Waals surface area (Å²) in [6.45, 7) is 2.51. The number of aromatic carboxylic acids is 1. The number of Topliss-reactive ketones (excluding diaryl/α,β-unsaturated/α-hetero) is 1. The number of hydrogen-bond acceptors (Lipinski definition) is 6. The summed E-state index contributed by atoms with van der Waals surface area (Å²) in [7, 11) is 1.52. The summed E-state index contributed by atoms with van der Waals surface area (Å²) < 4.78 is 11.0. The third-order valence-electron chi connectivity index (χ3n) is 6.08. The van der Waals surface area contributed by atoms with Crippen molar-refractivity contribution in [2.75, 3.05) is 13.7 Å². The van der Waals surface area contributed by atoms with Crippen molar-refractivity contribution >= 4 is 23.4 Å². The van der Waals surface area contributed by atoms with E-state index >= 15 is 0 Å². The van der Waals surface area contributed by atoms with Gasteiger partial charge in [0.05, 0.1) is 30.9 Å². The fourth-order valence-electron chi connectivity index (χ4n) is 4.26. The summed E-state index contributed by atoms with van der Waals surface area (Å²) in [5.41, 5.74) is 1.63. The van der Waals surface area contributed by atoms with Crippen LogP contribution in [0.2, 0.25) is 0 Å². The van der Waals surface area contributed by atoms with E-state index in [1.165, 1.54) is 24.1 Å². The SMILES string of the molecule is CCCOc1cccc(/C(O)=C2\C(=O)C(=O)N(Cc3ccc(C(=O)O)cc3)C2c2cccc(OC)c2)c1. The van der Waals surface area contributed by atoms with Crippen molar-refractivity contribution in [2.24, 2.45) is 0 Å². The maximum absolute atomic E-state index is 13.3. The lowest BCUT2D eigenvalue weighted by Gasteiger charge is -2.26. The highest BCUT2D eigenvalue weighted by Gasteiger charge is 2.46. The van der Waals surface area contributed by atoms with Gasteiger partial charge in [-0.1, -0.05) is 43.3 Å². The largest absolute Gasteiger partial charge is 0.507 e. The van der Waals surface area contributed by atoms with Crippen molar-refractivity contribution in [2.45, 2.75) is 25.9 Å². The zero-order valence-corrected chi connectivity index (χ0v) is 20.5. The summed E-state index contributed by atoms with van der Waals surface area (Å²) in [5.74, 6) is -1.88. The maximum atomic E-state index is 13.3. The first kappa shape index (κ1) is 25.5. The lowest BCUT2D eigenvalue weighted by Crippen LogP contribution is -2.29. The highest BCUT2D eigenvalue weighted by Crippen LogP contribution is 2.41. The van der Waals surface area contributed by atoms with E-state index in [2.05, 4.69) is 0 Å². The number of ketones is 1. The van der Waals surface area contributed by atoms with Crippen molar-refractivity contribution in [3.05, 3.63) is 101 Å². The third-order valence-corrected chi connectivity index (χ3v) is 6.08. The molecule has 2 N–H and O–H groups in total. The van der Waals surface area contributed by atoms with Crippen molar-refractivity contribution in [1.29, 1.82) is 0 Å². The number of carboxylic acids is 1. The van der Waals surface area contributed by atoms with E-state index in [9.17, 15) is 24.6 Å². The van der Waals surface area contributed by atoms with Crippen LogP contribution in [0, 0.1) is 0 Å². The first-order valence-corrected chi connectivity index (χ1v) is 11.8. The van der Waals surface area contributed by atoms with Crippen molar-refractivity contribution in [3.8, 4) is 11.5 Å². The molecular weight excluding hydrogens is 474 g/mol. The Balaban J connectivity index is 1.81. The average molecular weight is 502 g/mol. The quantitative estimate of drug-likeness (QED) is 0.246. The molecule has 1 heterocycles. The zero-order valence-electron chi connectivity index (χ0n) is 20.5. The standard InChI is InChI=1S/C29H27NO7/c1-3-14-37-23-9-5-7-21(16-23)26(31)24-25(20-6-4-8-22(15-20)36-2)30(28(33)27(24)32)17-18-10-12-19(13-11-18)29(34)35/h4-13,15-16,25,31H,3,14,17H2,1-2H3,(H,34,35)/b26-24+. The van der Waals surface area contributed by atoms with Crippen molar-refractivity contribution < 1.29 is 34.1 Å². The number of likely N-dealkylation sites (tertiary alicyclic amines) is 1. The molecule has 3 aromatic carbocycles. The van der Waals surface area contributed by atoms with Gasteiger partial charge < -0.3 is 24.6 Å². The van der Waals surface area contributed by atoms with Crippen molar-refractivity contribution in [3.63, 3.8) is 0 Å². The van der Waals surface area contributed by atoms with Gasteiger partial charge in [0.2, 0.25) is 0 Å². The number of rotatable bonds is 9. The predicted octanol–water partition coefficient (Wildman–Crippen LogP) is 4.80. The summed E-state index contributed by atoms with van der Waals surface area (Å²) in [6.07, 6.45) is 0.810. The molecule has 4 rings (SSSR count). The average Bonchev–Trinajstić information content (AvgIpc) is 3.17. The molecule has 8 nitrogen and oxygen atoms in total. The molecule has 1 aliphatic rings. The van der Waals surface area contributed by atoms with Crippen LogP contribution < -0.4 is 9.47 Å². The van der Waals surface area contributed by atoms with Gasteiger partial charge in [-0.05, 0) is 53.9 Å². The van der Waals surface area contributed by atoms with Gasteiger partial charge in [0, 0.05) is 12.1 Å². The maximum Gasteiger partial charge on any atom is 0.335 e. The molecule has 1 atom stereocenters. The molecule has 8 heteroatoms. The number of carbonyl (C=O) groups excluding carboxylic acids is 2. The molecule has 0 radical (unpaired) electrons. The fourth-order valence-corrected chi connectivity index (χ4v) is 4.26. The van der Waals surface area contributed by atoms with Gasteiger partial charge in [0.15, 0.2) is 0 Å². The minimum absolute atomic E-state index is 0.0305.